The zero-order valence-electron chi connectivity index (χ0n) is 21.9. The largest absolute Gasteiger partial charge is 0.299 e. The minimum atomic E-state index is -0.200. The van der Waals surface area contributed by atoms with E-state index in [4.69, 9.17) is 0 Å². The van der Waals surface area contributed by atoms with Gasteiger partial charge in [-0.15, -0.1) is 0 Å². The molecule has 32 heavy (non-hydrogen) atoms. The number of carbonyl (C=O) groups is 2. The summed E-state index contributed by atoms with van der Waals surface area (Å²) in [5.41, 5.74) is 3.37. The smallest absolute Gasteiger partial charge is 0.155 e. The van der Waals surface area contributed by atoms with Crippen LogP contribution < -0.4 is 0 Å². The molecule has 4 aliphatic carbocycles. The molecule has 0 N–H and O–H groups in total. The lowest BCUT2D eigenvalue weighted by Crippen LogP contribution is -2.57. The Hall–Kier alpha value is -1.18. The first-order valence-corrected chi connectivity index (χ1v) is 13.2. The predicted molar refractivity (Wildman–Crippen MR) is 132 cm³/mol. The Bertz CT molecular complexity index is 871. The van der Waals surface area contributed by atoms with Crippen LogP contribution in [0.3, 0.4) is 0 Å². The Balaban J connectivity index is 1.64. The highest BCUT2D eigenvalue weighted by Gasteiger charge is 2.65. The first kappa shape index (κ1) is 24.0. The van der Waals surface area contributed by atoms with Crippen molar-refractivity contribution >= 4 is 11.6 Å². The van der Waals surface area contributed by atoms with Crippen molar-refractivity contribution < 1.29 is 9.59 Å². The summed E-state index contributed by atoms with van der Waals surface area (Å²) in [6, 6.07) is 0. The van der Waals surface area contributed by atoms with Crippen molar-refractivity contribution in [2.75, 3.05) is 0 Å². The fourth-order valence-electron chi connectivity index (χ4n) is 9.31. The molecule has 3 saturated carbocycles. The van der Waals surface area contributed by atoms with Crippen LogP contribution in [0, 0.1) is 45.3 Å². The standard InChI is InChI=1S/C30H46O2/c1-19(2)17-21(31)18-20(3)22-11-15-30(8)24-9-10-25-27(4,5)26(32)13-14-28(25,6)23(24)12-16-29(22,30)7/h9,17,20,22-23,25H,10-16,18H2,1-8H3/t20-,22+,23-,25-,28+,29-,30+/m0/s1. The molecule has 0 aliphatic heterocycles. The predicted octanol–water partition coefficient (Wildman–Crippen LogP) is 7.72. The number of fused-ring (bicyclic) bond motifs is 5. The van der Waals surface area contributed by atoms with Crippen LogP contribution >= 0.6 is 0 Å². The van der Waals surface area contributed by atoms with Gasteiger partial charge in [0, 0.05) is 18.3 Å². The van der Waals surface area contributed by atoms with Crippen LogP contribution in [0.2, 0.25) is 0 Å². The number of rotatable bonds is 4. The van der Waals surface area contributed by atoms with E-state index in [1.807, 2.05) is 19.9 Å². The maximum atomic E-state index is 12.8. The molecule has 7 atom stereocenters. The molecule has 2 heteroatoms. The molecule has 0 bridgehead atoms. The molecule has 178 valence electrons. The Labute approximate surface area is 196 Å². The van der Waals surface area contributed by atoms with Gasteiger partial charge in [0.1, 0.15) is 5.78 Å². The molecule has 0 unspecified atom stereocenters. The van der Waals surface area contributed by atoms with Gasteiger partial charge >= 0.3 is 0 Å². The summed E-state index contributed by atoms with van der Waals surface area (Å²) >= 11 is 0. The molecule has 0 amide bonds. The fourth-order valence-corrected chi connectivity index (χ4v) is 9.31. The first-order valence-electron chi connectivity index (χ1n) is 13.2. The van der Waals surface area contributed by atoms with Crippen LogP contribution in [0.5, 0.6) is 0 Å². The molecule has 0 aromatic carbocycles. The van der Waals surface area contributed by atoms with Crippen molar-refractivity contribution in [2.45, 2.75) is 107 Å². The maximum Gasteiger partial charge on any atom is 0.155 e. The van der Waals surface area contributed by atoms with Crippen molar-refractivity contribution in [2.24, 2.45) is 45.3 Å². The maximum absolute atomic E-state index is 12.8. The van der Waals surface area contributed by atoms with Gasteiger partial charge in [0.15, 0.2) is 5.78 Å². The van der Waals surface area contributed by atoms with Crippen LogP contribution in [0.1, 0.15) is 107 Å². The second kappa shape index (κ2) is 7.67. The fraction of sp³-hybridized carbons (Fsp3) is 0.800. The number of ketones is 2. The monoisotopic (exact) mass is 438 g/mol. The van der Waals surface area contributed by atoms with Gasteiger partial charge < -0.3 is 0 Å². The summed E-state index contributed by atoms with van der Waals surface area (Å²) in [6.45, 7) is 18.4. The zero-order chi connectivity index (χ0) is 23.7. The van der Waals surface area contributed by atoms with Crippen molar-refractivity contribution in [1.82, 2.24) is 0 Å². The van der Waals surface area contributed by atoms with E-state index in [1.165, 1.54) is 25.7 Å². The highest BCUT2D eigenvalue weighted by molar-refractivity contribution is 5.90. The molecule has 0 saturated heterocycles. The van der Waals surface area contributed by atoms with Gasteiger partial charge in [-0.05, 0) is 98.4 Å². The third-order valence-corrected chi connectivity index (χ3v) is 11.3. The van der Waals surface area contributed by atoms with Crippen molar-refractivity contribution in [3.63, 3.8) is 0 Å². The van der Waals surface area contributed by atoms with E-state index >= 15 is 0 Å². The lowest BCUT2D eigenvalue weighted by Gasteiger charge is -2.63. The second-order valence-electron chi connectivity index (χ2n) is 13.5. The van der Waals surface area contributed by atoms with Gasteiger partial charge in [0.2, 0.25) is 0 Å². The van der Waals surface area contributed by atoms with Gasteiger partial charge in [-0.2, -0.15) is 0 Å². The van der Waals surface area contributed by atoms with Gasteiger partial charge in [-0.1, -0.05) is 58.8 Å². The van der Waals surface area contributed by atoms with Gasteiger partial charge in [-0.25, -0.2) is 0 Å². The zero-order valence-corrected chi connectivity index (χ0v) is 21.9. The van der Waals surface area contributed by atoms with E-state index in [2.05, 4.69) is 47.6 Å². The quantitative estimate of drug-likeness (QED) is 0.332. The van der Waals surface area contributed by atoms with Crippen LogP contribution in [0.4, 0.5) is 0 Å². The van der Waals surface area contributed by atoms with E-state index in [9.17, 15) is 9.59 Å². The Morgan fingerprint density at radius 2 is 1.78 bits per heavy atom. The number of Topliss-reactive ketones (excluding diaryl/α,β-unsaturated/α-hetero) is 1. The normalized spacial score (nSPS) is 43.4. The average Bonchev–Trinajstić information content (AvgIpc) is 2.96. The summed E-state index contributed by atoms with van der Waals surface area (Å²) in [7, 11) is 0. The van der Waals surface area contributed by atoms with E-state index in [0.29, 0.717) is 41.7 Å². The molecule has 0 spiro atoms. The van der Waals surface area contributed by atoms with E-state index in [0.717, 1.165) is 24.8 Å². The summed E-state index contributed by atoms with van der Waals surface area (Å²) in [5.74, 6) is 2.90. The van der Waals surface area contributed by atoms with Crippen LogP contribution in [0.25, 0.3) is 0 Å². The summed E-state index contributed by atoms with van der Waals surface area (Å²) < 4.78 is 0. The van der Waals surface area contributed by atoms with Gasteiger partial charge in [0.25, 0.3) is 0 Å². The number of allylic oxidation sites excluding steroid dienone is 4. The molecular formula is C30H46O2. The third-order valence-electron chi connectivity index (χ3n) is 11.3. The van der Waals surface area contributed by atoms with E-state index < -0.39 is 0 Å². The molecule has 0 heterocycles. The van der Waals surface area contributed by atoms with E-state index in [1.54, 1.807) is 5.57 Å². The Morgan fingerprint density at radius 1 is 1.09 bits per heavy atom. The van der Waals surface area contributed by atoms with E-state index in [-0.39, 0.29) is 21.7 Å². The Morgan fingerprint density at radius 3 is 2.44 bits per heavy atom. The van der Waals surface area contributed by atoms with Gasteiger partial charge in [-0.3, -0.25) is 9.59 Å². The average molecular weight is 439 g/mol. The van der Waals surface area contributed by atoms with Crippen molar-refractivity contribution in [3.8, 4) is 0 Å². The minimum absolute atomic E-state index is 0.200. The number of hydrogen-bond acceptors (Lipinski definition) is 2. The molecule has 0 radical (unpaired) electrons. The van der Waals surface area contributed by atoms with Crippen molar-refractivity contribution in [3.05, 3.63) is 23.3 Å². The van der Waals surface area contributed by atoms with Crippen LogP contribution in [-0.4, -0.2) is 11.6 Å². The van der Waals surface area contributed by atoms with Crippen LogP contribution in [-0.2, 0) is 9.59 Å². The first-order chi connectivity index (χ1) is 14.8. The molecule has 4 aliphatic rings. The number of hydrogen-bond donors (Lipinski definition) is 0. The minimum Gasteiger partial charge on any atom is -0.299 e. The summed E-state index contributed by atoms with van der Waals surface area (Å²) in [6.07, 6.45) is 13.0. The molecule has 0 aromatic heterocycles. The molecule has 0 aromatic rings. The highest BCUT2D eigenvalue weighted by Crippen LogP contribution is 2.73. The molecule has 3 fully saturated rings. The van der Waals surface area contributed by atoms with Gasteiger partial charge in [0.05, 0.1) is 0 Å². The highest BCUT2D eigenvalue weighted by atomic mass is 16.1. The Kier molecular flexibility index (Phi) is 5.74. The summed E-state index contributed by atoms with van der Waals surface area (Å²) in [4.78, 5) is 25.4. The third kappa shape index (κ3) is 3.25. The van der Waals surface area contributed by atoms with Crippen LogP contribution in [0.15, 0.2) is 23.3 Å². The molecular weight excluding hydrogens is 392 g/mol. The summed E-state index contributed by atoms with van der Waals surface area (Å²) in [5, 5.41) is 0. The SMILES string of the molecule is CC(C)=CC(=O)C[C@H](C)[C@H]1CC[C@]2(C)C3=CC[C@H]4C(C)(C)C(=O)CC[C@]4(C)[C@H]3CC[C@@]12C. The lowest BCUT2D eigenvalue weighted by molar-refractivity contribution is -0.146. The second-order valence-corrected chi connectivity index (χ2v) is 13.5. The van der Waals surface area contributed by atoms with Crippen molar-refractivity contribution in [1.29, 1.82) is 0 Å². The lowest BCUT2D eigenvalue weighted by atomic mass is 9.41. The molecule has 2 nitrogen and oxygen atoms in total. The topological polar surface area (TPSA) is 34.1 Å². The molecule has 4 rings (SSSR count). The number of carbonyl (C=O) groups excluding carboxylic acids is 2.